The third-order valence-corrected chi connectivity index (χ3v) is 4.12. The van der Waals surface area contributed by atoms with Crippen LogP contribution in [0.2, 0.25) is 0 Å². The van der Waals surface area contributed by atoms with Gasteiger partial charge in [0.2, 0.25) is 0 Å². The topological polar surface area (TPSA) is 0 Å². The van der Waals surface area contributed by atoms with Gasteiger partial charge < -0.3 is 0 Å². The van der Waals surface area contributed by atoms with Crippen molar-refractivity contribution in [3.63, 3.8) is 0 Å². The minimum Gasteiger partial charge on any atom is -0.160 e. The monoisotopic (exact) mass is 455 g/mol. The van der Waals surface area contributed by atoms with Crippen molar-refractivity contribution in [2.45, 2.75) is 13.8 Å². The molecule has 0 amide bonds. The van der Waals surface area contributed by atoms with Crippen molar-refractivity contribution in [3.05, 3.63) is 35.4 Å². The van der Waals surface area contributed by atoms with E-state index in [0.717, 1.165) is 0 Å². The van der Waals surface area contributed by atoms with Gasteiger partial charge in [0.15, 0.2) is 0 Å². The van der Waals surface area contributed by atoms with Crippen LogP contribution in [0.4, 0.5) is 0 Å². The number of halogens is 2. The normalized spacial score (nSPS) is 9.47. The van der Waals surface area contributed by atoms with Crippen LogP contribution in [0.5, 0.6) is 0 Å². The summed E-state index contributed by atoms with van der Waals surface area (Å²) in [5, 5.41) is 4.40. The number of benzene rings is 1. The summed E-state index contributed by atoms with van der Waals surface area (Å²) in [4.78, 5) is 0. The van der Waals surface area contributed by atoms with Crippen LogP contribution in [0, 0.1) is 13.8 Å². The van der Waals surface area contributed by atoms with E-state index in [-0.39, 0.29) is 58.6 Å². The molecular weight excluding hydrogens is 437 g/mol. The second-order valence-electron chi connectivity index (χ2n) is 4.13. The Hall–Kier alpha value is 0.710. The van der Waals surface area contributed by atoms with Crippen molar-refractivity contribution in [1.29, 1.82) is 0 Å². The number of fused-ring (bicyclic) bond motifs is 1. The van der Waals surface area contributed by atoms with Crippen molar-refractivity contribution >= 4 is 48.8 Å². The van der Waals surface area contributed by atoms with Crippen LogP contribution in [-0.2, 0) is 25.8 Å². The molecule has 0 radical (unpaired) electrons. The Kier molecular flexibility index (Phi) is 9.42. The molecule has 0 heterocycles. The number of hydrogen-bond donors (Lipinski definition) is 0. The van der Waals surface area contributed by atoms with Gasteiger partial charge in [-0.15, -0.1) is 66.5 Å². The first-order chi connectivity index (χ1) is 6.59. The average molecular weight is 455 g/mol. The molecule has 0 aliphatic rings. The molecule has 0 saturated heterocycles. The Labute approximate surface area is 136 Å². The first-order valence-corrected chi connectivity index (χ1v) is 7.17. The van der Waals surface area contributed by atoms with E-state index in [0.29, 0.717) is 0 Å². The standard InChI is InChI=1S/C13H16P.2ClH.Hf/c1-9-5-6-10(2)13-8-11(14(3)4)7-12(9)13;;;/h5-8H,1-4H3;2*1H;/q-1;;;. The van der Waals surface area contributed by atoms with Gasteiger partial charge in [-0.3, -0.25) is 0 Å². The maximum atomic E-state index is 2.36. The fraction of sp³-hybridized carbons (Fsp3) is 0.308. The largest absolute Gasteiger partial charge is 0.160 e. The summed E-state index contributed by atoms with van der Waals surface area (Å²) in [6, 6.07) is 9.16. The predicted octanol–water partition coefficient (Wildman–Crippen LogP) is 4.38. The maximum absolute atomic E-state index is 2.36. The van der Waals surface area contributed by atoms with Crippen LogP contribution < -0.4 is 5.30 Å². The SMILES string of the molecule is Cc1ccc(C)c2[cH-]c(P(C)C)cc12.Cl.Cl.[Hf]. The van der Waals surface area contributed by atoms with Gasteiger partial charge in [0.05, 0.1) is 0 Å². The van der Waals surface area contributed by atoms with Crippen LogP contribution in [0.15, 0.2) is 24.3 Å². The van der Waals surface area contributed by atoms with E-state index in [1.807, 2.05) is 0 Å². The molecule has 0 atom stereocenters. The smallest absolute Gasteiger partial charge is 0 e. The minimum atomic E-state index is 0. The maximum Gasteiger partial charge on any atom is 0 e. The Morgan fingerprint density at radius 2 is 1.53 bits per heavy atom. The molecule has 0 aliphatic carbocycles. The molecule has 0 nitrogen and oxygen atoms in total. The number of aryl methyl sites for hydroxylation is 2. The van der Waals surface area contributed by atoms with Crippen LogP contribution >= 0.6 is 32.7 Å². The third kappa shape index (κ3) is 4.10. The first kappa shape index (κ1) is 20.0. The molecule has 0 aliphatic heterocycles. The van der Waals surface area contributed by atoms with Gasteiger partial charge in [0.1, 0.15) is 0 Å². The number of hydrogen-bond acceptors (Lipinski definition) is 0. The van der Waals surface area contributed by atoms with E-state index in [4.69, 9.17) is 0 Å². The van der Waals surface area contributed by atoms with Crippen LogP contribution in [0.1, 0.15) is 11.1 Å². The molecule has 0 spiro atoms. The Morgan fingerprint density at radius 3 is 2.00 bits per heavy atom. The zero-order valence-electron chi connectivity index (χ0n) is 10.6. The van der Waals surface area contributed by atoms with Crippen LogP contribution in [0.25, 0.3) is 10.8 Å². The van der Waals surface area contributed by atoms with Crippen LogP contribution in [0.3, 0.4) is 0 Å². The number of rotatable bonds is 1. The van der Waals surface area contributed by atoms with Crippen molar-refractivity contribution in [2.75, 3.05) is 13.3 Å². The average Bonchev–Trinajstić information content (AvgIpc) is 2.57. The summed E-state index contributed by atoms with van der Waals surface area (Å²) in [6.45, 7) is 9.01. The molecule has 0 unspecified atom stereocenters. The van der Waals surface area contributed by atoms with Crippen molar-refractivity contribution < 1.29 is 25.8 Å². The second-order valence-corrected chi connectivity index (χ2v) is 6.44. The van der Waals surface area contributed by atoms with Gasteiger partial charge in [0.25, 0.3) is 0 Å². The molecule has 4 heteroatoms. The second kappa shape index (κ2) is 8.00. The Morgan fingerprint density at radius 1 is 1.00 bits per heavy atom. The molecule has 0 saturated carbocycles. The molecule has 2 aromatic carbocycles. The molecule has 2 aromatic rings. The van der Waals surface area contributed by atoms with Crippen molar-refractivity contribution in [1.82, 2.24) is 0 Å². The summed E-state index contributed by atoms with van der Waals surface area (Å²) in [7, 11) is 0.0328. The quantitative estimate of drug-likeness (QED) is 0.341. The first-order valence-electron chi connectivity index (χ1n) is 4.93. The van der Waals surface area contributed by atoms with Gasteiger partial charge >= 0.3 is 0 Å². The third-order valence-electron chi connectivity index (χ3n) is 2.82. The molecule has 0 bridgehead atoms. The van der Waals surface area contributed by atoms with Gasteiger partial charge in [0, 0.05) is 25.8 Å². The minimum absolute atomic E-state index is 0. The van der Waals surface area contributed by atoms with E-state index >= 15 is 0 Å². The Balaban J connectivity index is 0. The van der Waals surface area contributed by atoms with Gasteiger partial charge in [-0.2, -0.15) is 6.07 Å². The molecule has 17 heavy (non-hydrogen) atoms. The molecule has 94 valence electrons. The zero-order valence-corrected chi connectivity index (χ0v) is 16.7. The molecule has 0 fully saturated rings. The van der Waals surface area contributed by atoms with E-state index in [9.17, 15) is 0 Å². The summed E-state index contributed by atoms with van der Waals surface area (Å²) in [6.07, 6.45) is 0. The van der Waals surface area contributed by atoms with Gasteiger partial charge in [-0.1, -0.05) is 18.6 Å². The van der Waals surface area contributed by atoms with Crippen molar-refractivity contribution in [2.24, 2.45) is 0 Å². The summed E-state index contributed by atoms with van der Waals surface area (Å²) in [5.74, 6) is 0. The van der Waals surface area contributed by atoms with E-state index < -0.39 is 0 Å². The fourth-order valence-electron chi connectivity index (χ4n) is 1.83. The Bertz CT molecular complexity index is 438. The molecule has 2 rings (SSSR count). The summed E-state index contributed by atoms with van der Waals surface area (Å²) in [5.41, 5.74) is 2.79. The van der Waals surface area contributed by atoms with E-state index in [1.54, 1.807) is 0 Å². The van der Waals surface area contributed by atoms with Gasteiger partial charge in [-0.25, -0.2) is 0 Å². The van der Waals surface area contributed by atoms with Gasteiger partial charge in [-0.05, 0) is 20.3 Å². The molecule has 0 aromatic heterocycles. The molecular formula is C13H18Cl2HfP-. The summed E-state index contributed by atoms with van der Waals surface area (Å²) < 4.78 is 0. The predicted molar refractivity (Wildman–Crippen MR) is 81.9 cm³/mol. The fourth-order valence-corrected chi connectivity index (χ4v) is 2.61. The molecule has 0 N–H and O–H groups in total. The van der Waals surface area contributed by atoms with Crippen molar-refractivity contribution in [3.8, 4) is 0 Å². The zero-order chi connectivity index (χ0) is 10.3. The summed E-state index contributed by atoms with van der Waals surface area (Å²) >= 11 is 0. The van der Waals surface area contributed by atoms with Crippen LogP contribution in [-0.4, -0.2) is 13.3 Å². The van der Waals surface area contributed by atoms with E-state index in [1.165, 1.54) is 27.2 Å². The van der Waals surface area contributed by atoms with E-state index in [2.05, 4.69) is 51.4 Å².